The summed E-state index contributed by atoms with van der Waals surface area (Å²) in [7, 11) is -1.68. The van der Waals surface area contributed by atoms with Gasteiger partial charge in [-0.2, -0.15) is 0 Å². The van der Waals surface area contributed by atoms with Gasteiger partial charge >= 0.3 is 5.69 Å². The number of aryl methyl sites for hydroxylation is 1. The fourth-order valence-corrected chi connectivity index (χ4v) is 5.22. The molecule has 0 amide bonds. The first-order valence-electron chi connectivity index (χ1n) is 11.8. The van der Waals surface area contributed by atoms with Gasteiger partial charge in [0.2, 0.25) is 10.0 Å². The molecule has 6 aromatic rings. The van der Waals surface area contributed by atoms with E-state index in [0.717, 1.165) is 38.4 Å². The predicted molar refractivity (Wildman–Crippen MR) is 154 cm³/mol. The first-order valence-corrected chi connectivity index (χ1v) is 13.5. The number of nitrogens with one attached hydrogen (secondary N) is 1. The topological polar surface area (TPSA) is 98.9 Å². The third-order valence-corrected chi connectivity index (χ3v) is 7.89. The Morgan fingerprint density at radius 2 is 1.61 bits per heavy atom. The largest absolute Gasteiger partial charge is 0.333 e. The Morgan fingerprint density at radius 3 is 2.37 bits per heavy atom. The van der Waals surface area contributed by atoms with Crippen molar-refractivity contribution in [2.45, 2.75) is 14.4 Å². The molecule has 9 heteroatoms. The molecular formula is C29H27N5O3S. The van der Waals surface area contributed by atoms with Crippen LogP contribution in [0.1, 0.15) is 14.4 Å². The van der Waals surface area contributed by atoms with Gasteiger partial charge in [-0.1, -0.05) is 31.7 Å². The summed E-state index contributed by atoms with van der Waals surface area (Å²) in [5, 5.41) is 1.88. The van der Waals surface area contributed by atoms with Crippen molar-refractivity contribution >= 4 is 48.5 Å². The van der Waals surface area contributed by atoms with E-state index >= 15 is 0 Å². The third kappa shape index (κ3) is 4.20. The fourth-order valence-electron chi connectivity index (χ4n) is 4.58. The van der Waals surface area contributed by atoms with Gasteiger partial charge in [0.25, 0.3) is 0 Å². The van der Waals surface area contributed by atoms with Crippen LogP contribution in [0, 0.1) is 0 Å². The number of aromatic nitrogens is 4. The molecule has 0 atom stereocenters. The molecule has 8 nitrogen and oxygen atoms in total. The van der Waals surface area contributed by atoms with Crippen molar-refractivity contribution < 1.29 is 8.42 Å². The smallest absolute Gasteiger partial charge is 0.293 e. The van der Waals surface area contributed by atoms with Crippen molar-refractivity contribution in [1.29, 1.82) is 0 Å². The molecule has 0 aliphatic heterocycles. The van der Waals surface area contributed by atoms with Gasteiger partial charge in [0.1, 0.15) is 0 Å². The van der Waals surface area contributed by atoms with Crippen LogP contribution in [0.25, 0.3) is 49.7 Å². The lowest BCUT2D eigenvalue weighted by Crippen LogP contribution is -2.21. The predicted octanol–water partition coefficient (Wildman–Crippen LogP) is 5.49. The summed E-state index contributed by atoms with van der Waals surface area (Å²) in [6.07, 6.45) is 3.56. The number of benzene rings is 3. The highest BCUT2D eigenvalue weighted by Gasteiger charge is 2.17. The van der Waals surface area contributed by atoms with Crippen LogP contribution in [0.3, 0.4) is 0 Å². The van der Waals surface area contributed by atoms with Crippen molar-refractivity contribution in [3.63, 3.8) is 0 Å². The molecule has 0 fully saturated rings. The van der Waals surface area contributed by atoms with Gasteiger partial charge in [-0.05, 0) is 61.0 Å². The second-order valence-corrected chi connectivity index (χ2v) is 10.9. The normalized spacial score (nSPS) is 11.6. The van der Waals surface area contributed by atoms with E-state index in [1.165, 1.54) is 0 Å². The minimum absolute atomic E-state index is 0. The Bertz CT molecular complexity index is 1990. The Hall–Kier alpha value is -4.50. The summed E-state index contributed by atoms with van der Waals surface area (Å²) in [5.74, 6) is -0.0222. The lowest BCUT2D eigenvalue weighted by atomic mass is 10.0. The van der Waals surface area contributed by atoms with E-state index in [2.05, 4.69) is 20.8 Å². The van der Waals surface area contributed by atoms with Crippen LogP contribution >= 0.6 is 0 Å². The number of imidazole rings is 1. The van der Waals surface area contributed by atoms with E-state index < -0.39 is 10.0 Å². The van der Waals surface area contributed by atoms with Crippen molar-refractivity contribution in [2.24, 2.45) is 7.05 Å². The number of hydrogen-bond donors (Lipinski definition) is 1. The zero-order valence-corrected chi connectivity index (χ0v) is 21.0. The number of pyridine rings is 2. The average Bonchev–Trinajstić information content (AvgIpc) is 3.18. The number of anilines is 1. The lowest BCUT2D eigenvalue weighted by Gasteiger charge is -2.10. The van der Waals surface area contributed by atoms with Crippen LogP contribution in [0.4, 0.5) is 5.69 Å². The summed E-state index contributed by atoms with van der Waals surface area (Å²) < 4.78 is 29.6. The summed E-state index contributed by atoms with van der Waals surface area (Å²) in [4.78, 5) is 22.6. The first-order chi connectivity index (χ1) is 17.8. The second-order valence-electron chi connectivity index (χ2n) is 8.87. The highest BCUT2D eigenvalue weighted by Crippen LogP contribution is 2.31. The SMILES string of the molecule is C.CCS(=O)(=O)Nc1ccc(-n2c(=O)n(C)c3cnc4ccc(-c5cnc6ccccc6c5)cc4c32)cc1. The highest BCUT2D eigenvalue weighted by molar-refractivity contribution is 7.92. The number of rotatable bonds is 5. The van der Waals surface area contributed by atoms with Crippen LogP contribution in [0.15, 0.2) is 90.0 Å². The molecule has 0 saturated carbocycles. The number of fused-ring (bicyclic) bond motifs is 4. The van der Waals surface area contributed by atoms with Crippen molar-refractivity contribution in [2.75, 3.05) is 10.5 Å². The van der Waals surface area contributed by atoms with E-state index in [-0.39, 0.29) is 18.9 Å². The average molecular weight is 526 g/mol. The van der Waals surface area contributed by atoms with E-state index in [1.54, 1.807) is 53.6 Å². The highest BCUT2D eigenvalue weighted by atomic mass is 32.2. The van der Waals surface area contributed by atoms with Crippen molar-refractivity contribution in [1.82, 2.24) is 19.1 Å². The van der Waals surface area contributed by atoms with Gasteiger partial charge in [-0.15, -0.1) is 0 Å². The van der Waals surface area contributed by atoms with Gasteiger partial charge < -0.3 is 0 Å². The molecule has 0 saturated heterocycles. The van der Waals surface area contributed by atoms with E-state index in [1.807, 2.05) is 48.7 Å². The summed E-state index contributed by atoms with van der Waals surface area (Å²) in [5.41, 5.74) is 5.90. The van der Waals surface area contributed by atoms with Gasteiger partial charge in [0, 0.05) is 35.3 Å². The van der Waals surface area contributed by atoms with E-state index in [9.17, 15) is 13.2 Å². The van der Waals surface area contributed by atoms with E-state index in [0.29, 0.717) is 16.9 Å². The van der Waals surface area contributed by atoms with Gasteiger partial charge in [0.05, 0.1) is 39.7 Å². The molecule has 0 spiro atoms. The Morgan fingerprint density at radius 1 is 0.868 bits per heavy atom. The molecule has 3 aromatic heterocycles. The molecule has 0 bridgehead atoms. The number of sulfonamides is 1. The van der Waals surface area contributed by atoms with Crippen LogP contribution in [0.5, 0.6) is 0 Å². The maximum absolute atomic E-state index is 13.4. The van der Waals surface area contributed by atoms with Crippen molar-refractivity contribution in [3.8, 4) is 16.8 Å². The summed E-state index contributed by atoms with van der Waals surface area (Å²) in [6.45, 7) is 1.58. The zero-order valence-electron chi connectivity index (χ0n) is 20.2. The molecule has 6 rings (SSSR count). The maximum Gasteiger partial charge on any atom is 0.333 e. The Labute approximate surface area is 220 Å². The summed E-state index contributed by atoms with van der Waals surface area (Å²) >= 11 is 0. The maximum atomic E-state index is 13.4. The summed E-state index contributed by atoms with van der Waals surface area (Å²) in [6, 6.07) is 22.8. The number of hydrogen-bond acceptors (Lipinski definition) is 5. The number of para-hydroxylation sites is 1. The molecule has 0 aliphatic rings. The molecule has 0 radical (unpaired) electrons. The third-order valence-electron chi connectivity index (χ3n) is 6.59. The van der Waals surface area contributed by atoms with Crippen LogP contribution < -0.4 is 10.4 Å². The molecular weight excluding hydrogens is 498 g/mol. The van der Waals surface area contributed by atoms with Crippen LogP contribution in [-0.4, -0.2) is 33.3 Å². The Balaban J connectivity index is 0.00000294. The fraction of sp³-hybridized carbons (Fsp3) is 0.138. The Kier molecular flexibility index (Phi) is 6.24. The van der Waals surface area contributed by atoms with Crippen molar-refractivity contribution in [3.05, 3.63) is 95.7 Å². The molecule has 1 N–H and O–H groups in total. The first kappa shape index (κ1) is 25.2. The van der Waals surface area contributed by atoms with Crippen LogP contribution in [-0.2, 0) is 17.1 Å². The molecule has 192 valence electrons. The second kappa shape index (κ2) is 9.42. The van der Waals surface area contributed by atoms with Gasteiger partial charge in [-0.25, -0.2) is 13.2 Å². The quantitative estimate of drug-likeness (QED) is 0.321. The lowest BCUT2D eigenvalue weighted by molar-refractivity contribution is 0.602. The zero-order chi connectivity index (χ0) is 25.7. The molecule has 3 aromatic carbocycles. The molecule has 3 heterocycles. The molecule has 0 aliphatic carbocycles. The van der Waals surface area contributed by atoms with E-state index in [4.69, 9.17) is 0 Å². The minimum atomic E-state index is -3.40. The standard InChI is InChI=1S/C28H23N5O3S.CH4/c1-3-37(35,36)31-21-9-11-22(12-10-21)33-27-23-15-18(20-14-19-6-4-5-7-24(19)29-16-20)8-13-25(23)30-17-26(27)32(2)28(33)34;/h4-17,31H,3H2,1-2H3;1H4. The molecule has 38 heavy (non-hydrogen) atoms. The van der Waals surface area contributed by atoms with Gasteiger partial charge in [-0.3, -0.25) is 23.8 Å². The number of nitrogens with zero attached hydrogens (tertiary/aromatic N) is 4. The monoisotopic (exact) mass is 525 g/mol. The van der Waals surface area contributed by atoms with Gasteiger partial charge in [0.15, 0.2) is 0 Å². The molecule has 0 unspecified atom stereocenters. The van der Waals surface area contributed by atoms with Crippen LogP contribution in [0.2, 0.25) is 0 Å². The minimum Gasteiger partial charge on any atom is -0.293 e.